The molecule has 0 bridgehead atoms. The molecule has 1 aromatic rings. The Morgan fingerprint density at radius 1 is 1.22 bits per heavy atom. The molecule has 1 aliphatic heterocycles. The maximum atomic E-state index is 8.83. The molecule has 0 spiro atoms. The van der Waals surface area contributed by atoms with Crippen LogP contribution in [0.2, 0.25) is 0 Å². The average molecular weight is 311 g/mol. The molecule has 0 radical (unpaired) electrons. The van der Waals surface area contributed by atoms with Crippen molar-refractivity contribution < 1.29 is 0 Å². The molecule has 122 valence electrons. The standard InChI is InChI=1S/C18H25N5/c1-20-18(21-13-15-4-2-14(12-19)3-5-15)22-16-8-10-23(11-9-16)17-6-7-17/h2-5,16-17H,6-11,13H2,1H3,(H2,20,21,22). The summed E-state index contributed by atoms with van der Waals surface area (Å²) in [6.07, 6.45) is 5.17. The van der Waals surface area contributed by atoms with Gasteiger partial charge in [-0.3, -0.25) is 4.99 Å². The third-order valence-electron chi connectivity index (χ3n) is 4.70. The number of nitrogens with one attached hydrogen (secondary N) is 2. The quantitative estimate of drug-likeness (QED) is 0.658. The van der Waals surface area contributed by atoms with Gasteiger partial charge in [0.05, 0.1) is 11.6 Å². The topological polar surface area (TPSA) is 63.5 Å². The molecule has 23 heavy (non-hydrogen) atoms. The van der Waals surface area contributed by atoms with E-state index >= 15 is 0 Å². The Labute approximate surface area is 138 Å². The molecule has 0 aromatic heterocycles. The maximum absolute atomic E-state index is 8.83. The van der Waals surface area contributed by atoms with Gasteiger partial charge in [-0.2, -0.15) is 5.26 Å². The van der Waals surface area contributed by atoms with Crippen LogP contribution < -0.4 is 10.6 Å². The second-order valence-corrected chi connectivity index (χ2v) is 6.42. The number of rotatable bonds is 4. The summed E-state index contributed by atoms with van der Waals surface area (Å²) in [4.78, 5) is 6.96. The van der Waals surface area contributed by atoms with Crippen LogP contribution in [-0.2, 0) is 6.54 Å². The van der Waals surface area contributed by atoms with E-state index in [1.54, 1.807) is 0 Å². The van der Waals surface area contributed by atoms with Gasteiger partial charge in [0.15, 0.2) is 5.96 Å². The SMILES string of the molecule is CN=C(NCc1ccc(C#N)cc1)NC1CCN(C2CC2)CC1. The van der Waals surface area contributed by atoms with Gasteiger partial charge in [-0.15, -0.1) is 0 Å². The number of hydrogen-bond donors (Lipinski definition) is 2. The zero-order valence-corrected chi connectivity index (χ0v) is 13.8. The first-order valence-corrected chi connectivity index (χ1v) is 8.49. The van der Waals surface area contributed by atoms with E-state index in [2.05, 4.69) is 26.6 Å². The van der Waals surface area contributed by atoms with Crippen LogP contribution in [0.15, 0.2) is 29.3 Å². The van der Waals surface area contributed by atoms with Crippen LogP contribution in [0.1, 0.15) is 36.8 Å². The van der Waals surface area contributed by atoms with Crippen LogP contribution in [0.3, 0.4) is 0 Å². The number of piperidine rings is 1. The molecule has 0 atom stereocenters. The van der Waals surface area contributed by atoms with Crippen LogP contribution in [0.4, 0.5) is 0 Å². The molecule has 1 saturated heterocycles. The van der Waals surface area contributed by atoms with Gasteiger partial charge < -0.3 is 15.5 Å². The minimum absolute atomic E-state index is 0.511. The first-order valence-electron chi connectivity index (χ1n) is 8.49. The van der Waals surface area contributed by atoms with Gasteiger partial charge in [0.1, 0.15) is 0 Å². The lowest BCUT2D eigenvalue weighted by Gasteiger charge is -2.33. The summed E-state index contributed by atoms with van der Waals surface area (Å²) < 4.78 is 0. The molecule has 3 rings (SSSR count). The smallest absolute Gasteiger partial charge is 0.191 e. The van der Waals surface area contributed by atoms with Crippen molar-refractivity contribution in [2.45, 2.75) is 44.3 Å². The predicted molar refractivity (Wildman–Crippen MR) is 92.1 cm³/mol. The maximum Gasteiger partial charge on any atom is 0.191 e. The minimum atomic E-state index is 0.511. The van der Waals surface area contributed by atoms with Crippen LogP contribution in [0.25, 0.3) is 0 Å². The number of benzene rings is 1. The fourth-order valence-corrected chi connectivity index (χ4v) is 3.12. The van der Waals surface area contributed by atoms with E-state index in [1.165, 1.54) is 38.8 Å². The number of hydrogen-bond acceptors (Lipinski definition) is 3. The molecule has 5 heteroatoms. The Kier molecular flexibility index (Phi) is 5.14. The van der Waals surface area contributed by atoms with E-state index in [-0.39, 0.29) is 0 Å². The van der Waals surface area contributed by atoms with E-state index in [9.17, 15) is 0 Å². The van der Waals surface area contributed by atoms with Gasteiger partial charge in [0.2, 0.25) is 0 Å². The number of likely N-dealkylation sites (tertiary alicyclic amines) is 1. The zero-order chi connectivity index (χ0) is 16.1. The first kappa shape index (κ1) is 15.8. The third kappa shape index (κ3) is 4.46. The fourth-order valence-electron chi connectivity index (χ4n) is 3.12. The molecule has 1 aromatic carbocycles. The van der Waals surface area contributed by atoms with Gasteiger partial charge >= 0.3 is 0 Å². The first-order chi connectivity index (χ1) is 11.3. The van der Waals surface area contributed by atoms with Crippen molar-refractivity contribution in [3.8, 4) is 6.07 Å². The molecular formula is C18H25N5. The Morgan fingerprint density at radius 2 is 1.91 bits per heavy atom. The van der Waals surface area contributed by atoms with Crippen LogP contribution in [0, 0.1) is 11.3 Å². The lowest BCUT2D eigenvalue weighted by Crippen LogP contribution is -2.48. The monoisotopic (exact) mass is 311 g/mol. The zero-order valence-electron chi connectivity index (χ0n) is 13.8. The van der Waals surface area contributed by atoms with Crippen LogP contribution in [0.5, 0.6) is 0 Å². The molecule has 5 nitrogen and oxygen atoms in total. The predicted octanol–water partition coefficient (Wildman–Crippen LogP) is 1.85. The lowest BCUT2D eigenvalue weighted by molar-refractivity contribution is 0.197. The second kappa shape index (κ2) is 7.47. The van der Waals surface area contributed by atoms with Crippen molar-refractivity contribution in [2.75, 3.05) is 20.1 Å². The van der Waals surface area contributed by atoms with E-state index in [0.717, 1.165) is 17.6 Å². The number of guanidine groups is 1. The summed E-state index contributed by atoms with van der Waals surface area (Å²) in [5, 5.41) is 15.7. The highest BCUT2D eigenvalue weighted by molar-refractivity contribution is 5.79. The van der Waals surface area contributed by atoms with E-state index < -0.39 is 0 Å². The molecule has 1 aliphatic carbocycles. The Morgan fingerprint density at radius 3 is 2.48 bits per heavy atom. The van der Waals surface area contributed by atoms with E-state index in [1.807, 2.05) is 31.3 Å². The summed E-state index contributed by atoms with van der Waals surface area (Å²) in [6.45, 7) is 3.12. The highest BCUT2D eigenvalue weighted by atomic mass is 15.2. The third-order valence-corrected chi connectivity index (χ3v) is 4.70. The van der Waals surface area contributed by atoms with Crippen molar-refractivity contribution in [2.24, 2.45) is 4.99 Å². The highest BCUT2D eigenvalue weighted by Crippen LogP contribution is 2.29. The summed E-state index contributed by atoms with van der Waals surface area (Å²) in [5.41, 5.74) is 1.84. The Bertz CT molecular complexity index is 574. The average Bonchev–Trinajstić information content (AvgIpc) is 3.44. The molecule has 0 amide bonds. The molecule has 2 N–H and O–H groups in total. The second-order valence-electron chi connectivity index (χ2n) is 6.42. The number of nitrogens with zero attached hydrogens (tertiary/aromatic N) is 3. The Hall–Kier alpha value is -2.06. The molecule has 1 heterocycles. The molecular weight excluding hydrogens is 286 g/mol. The number of nitriles is 1. The summed E-state index contributed by atoms with van der Waals surface area (Å²) in [5.74, 6) is 0.860. The normalized spacial score (nSPS) is 20.1. The molecule has 2 aliphatic rings. The number of aliphatic imine (C=N–C) groups is 1. The van der Waals surface area contributed by atoms with Gasteiger partial charge in [0, 0.05) is 38.8 Å². The largest absolute Gasteiger partial charge is 0.354 e. The van der Waals surface area contributed by atoms with Crippen molar-refractivity contribution in [3.63, 3.8) is 0 Å². The van der Waals surface area contributed by atoms with E-state index in [0.29, 0.717) is 18.2 Å². The fraction of sp³-hybridized carbons (Fsp3) is 0.556. The molecule has 0 unspecified atom stereocenters. The van der Waals surface area contributed by atoms with Crippen molar-refractivity contribution in [3.05, 3.63) is 35.4 Å². The highest BCUT2D eigenvalue weighted by Gasteiger charge is 2.31. The lowest BCUT2D eigenvalue weighted by atomic mass is 10.1. The van der Waals surface area contributed by atoms with Crippen molar-refractivity contribution in [1.29, 1.82) is 5.26 Å². The van der Waals surface area contributed by atoms with E-state index in [4.69, 9.17) is 5.26 Å². The van der Waals surface area contributed by atoms with Gasteiger partial charge in [-0.25, -0.2) is 0 Å². The van der Waals surface area contributed by atoms with Crippen molar-refractivity contribution >= 4 is 5.96 Å². The van der Waals surface area contributed by atoms with Crippen LogP contribution in [-0.4, -0.2) is 43.1 Å². The summed E-state index contributed by atoms with van der Waals surface area (Å²) in [7, 11) is 1.81. The van der Waals surface area contributed by atoms with Gasteiger partial charge in [0.25, 0.3) is 0 Å². The molecule has 1 saturated carbocycles. The van der Waals surface area contributed by atoms with Gasteiger partial charge in [-0.1, -0.05) is 12.1 Å². The Balaban J connectivity index is 1.43. The van der Waals surface area contributed by atoms with Crippen molar-refractivity contribution in [1.82, 2.24) is 15.5 Å². The van der Waals surface area contributed by atoms with Crippen LogP contribution >= 0.6 is 0 Å². The molecule has 2 fully saturated rings. The summed E-state index contributed by atoms with van der Waals surface area (Å²) >= 11 is 0. The summed E-state index contributed by atoms with van der Waals surface area (Å²) in [6, 6.07) is 11.2. The minimum Gasteiger partial charge on any atom is -0.354 e. The van der Waals surface area contributed by atoms with Gasteiger partial charge in [-0.05, 0) is 43.4 Å².